The van der Waals surface area contributed by atoms with Gasteiger partial charge in [-0.05, 0) is 29.0 Å². The molecule has 2 heteroatoms. The van der Waals surface area contributed by atoms with Crippen LogP contribution in [0.25, 0.3) is 10.8 Å². The molecule has 0 amide bonds. The Bertz CT molecular complexity index is 455. The van der Waals surface area contributed by atoms with E-state index in [0.29, 0.717) is 5.56 Å². The van der Waals surface area contributed by atoms with Gasteiger partial charge in [-0.15, -0.1) is 0 Å². The van der Waals surface area contributed by atoms with Gasteiger partial charge < -0.3 is 5.11 Å². The molecule has 0 aliphatic carbocycles. The summed E-state index contributed by atoms with van der Waals surface area (Å²) in [7, 11) is 0. The number of carboxylic acid groups (broad SMARTS) is 1. The summed E-state index contributed by atoms with van der Waals surface area (Å²) < 4.78 is 0. The molecule has 63 valence electrons. The van der Waals surface area contributed by atoms with E-state index in [0.717, 1.165) is 10.8 Å². The molecule has 0 aliphatic heterocycles. The third-order valence-corrected chi connectivity index (χ3v) is 1.95. The first-order valence-corrected chi connectivity index (χ1v) is 3.91. The Balaban J connectivity index is 2.83. The van der Waals surface area contributed by atoms with Crippen LogP contribution in [0.1, 0.15) is 10.4 Å². The highest BCUT2D eigenvalue weighted by Crippen LogP contribution is 2.17. The van der Waals surface area contributed by atoms with Gasteiger partial charge in [-0.25, -0.2) is 4.79 Å². The van der Waals surface area contributed by atoms with Crippen molar-refractivity contribution in [2.24, 2.45) is 0 Å². The van der Waals surface area contributed by atoms with Crippen LogP contribution in [0.4, 0.5) is 0 Å². The van der Waals surface area contributed by atoms with Gasteiger partial charge in [0.15, 0.2) is 0 Å². The van der Waals surface area contributed by atoms with Crippen molar-refractivity contribution in [3.8, 4) is 0 Å². The van der Waals surface area contributed by atoms with Crippen molar-refractivity contribution in [2.45, 2.75) is 0 Å². The van der Waals surface area contributed by atoms with Gasteiger partial charge in [0.1, 0.15) is 0 Å². The Morgan fingerprint density at radius 2 is 2.00 bits per heavy atom. The van der Waals surface area contributed by atoms with E-state index in [1.807, 2.05) is 18.2 Å². The SMILES string of the molecule is O=C(O)c1c[c]cc2ccccc12. The Morgan fingerprint density at radius 1 is 1.23 bits per heavy atom. The zero-order valence-corrected chi connectivity index (χ0v) is 6.82. The van der Waals surface area contributed by atoms with Gasteiger partial charge in [0, 0.05) is 0 Å². The van der Waals surface area contributed by atoms with E-state index in [1.165, 1.54) is 6.07 Å². The minimum atomic E-state index is -0.909. The van der Waals surface area contributed by atoms with Crippen molar-refractivity contribution in [2.75, 3.05) is 0 Å². The minimum absolute atomic E-state index is 0.304. The number of aromatic carboxylic acids is 1. The second-order valence-electron chi connectivity index (χ2n) is 2.76. The molecule has 0 saturated carbocycles. The molecule has 2 aromatic carbocycles. The Hall–Kier alpha value is -1.83. The van der Waals surface area contributed by atoms with Crippen molar-refractivity contribution < 1.29 is 9.90 Å². The fourth-order valence-electron chi connectivity index (χ4n) is 1.34. The van der Waals surface area contributed by atoms with E-state index in [4.69, 9.17) is 5.11 Å². The lowest BCUT2D eigenvalue weighted by Crippen LogP contribution is -1.96. The molecule has 0 spiro atoms. The molecule has 0 unspecified atom stereocenters. The maximum Gasteiger partial charge on any atom is 0.336 e. The van der Waals surface area contributed by atoms with Crippen LogP contribution in [0.15, 0.2) is 36.4 Å². The standard InChI is InChI=1S/C11H7O2/c12-11(13)10-7-3-5-8-4-1-2-6-9(8)10/h1-2,4-7H,(H,12,13). The van der Waals surface area contributed by atoms with Gasteiger partial charge in [-0.2, -0.15) is 0 Å². The molecule has 2 rings (SSSR count). The molecular formula is C11H7O2. The van der Waals surface area contributed by atoms with Crippen molar-refractivity contribution in [1.82, 2.24) is 0 Å². The summed E-state index contributed by atoms with van der Waals surface area (Å²) in [5.41, 5.74) is 0.304. The van der Waals surface area contributed by atoms with Crippen LogP contribution in [0, 0.1) is 6.07 Å². The smallest absolute Gasteiger partial charge is 0.336 e. The van der Waals surface area contributed by atoms with E-state index in [9.17, 15) is 4.79 Å². The fourth-order valence-corrected chi connectivity index (χ4v) is 1.34. The molecule has 1 N–H and O–H groups in total. The van der Waals surface area contributed by atoms with Crippen LogP contribution in [-0.4, -0.2) is 11.1 Å². The molecule has 0 aromatic heterocycles. The van der Waals surface area contributed by atoms with E-state index >= 15 is 0 Å². The average molecular weight is 171 g/mol. The van der Waals surface area contributed by atoms with E-state index in [1.54, 1.807) is 12.1 Å². The van der Waals surface area contributed by atoms with E-state index in [-0.39, 0.29) is 0 Å². The second kappa shape index (κ2) is 2.90. The summed E-state index contributed by atoms with van der Waals surface area (Å²) in [5, 5.41) is 10.5. The lowest BCUT2D eigenvalue weighted by atomic mass is 10.1. The topological polar surface area (TPSA) is 37.3 Å². The van der Waals surface area contributed by atoms with Crippen LogP contribution in [-0.2, 0) is 0 Å². The second-order valence-corrected chi connectivity index (χ2v) is 2.76. The molecule has 0 fully saturated rings. The normalized spacial score (nSPS) is 10.2. The van der Waals surface area contributed by atoms with Crippen molar-refractivity contribution in [3.05, 3.63) is 48.0 Å². The molecule has 13 heavy (non-hydrogen) atoms. The highest BCUT2D eigenvalue weighted by atomic mass is 16.4. The predicted octanol–water partition coefficient (Wildman–Crippen LogP) is 2.34. The van der Waals surface area contributed by atoms with Crippen LogP contribution in [0.2, 0.25) is 0 Å². The number of hydrogen-bond acceptors (Lipinski definition) is 1. The van der Waals surface area contributed by atoms with Gasteiger partial charge in [-0.1, -0.05) is 24.3 Å². The van der Waals surface area contributed by atoms with Gasteiger partial charge >= 0.3 is 5.97 Å². The van der Waals surface area contributed by atoms with E-state index < -0.39 is 5.97 Å². The highest BCUT2D eigenvalue weighted by molar-refractivity contribution is 6.03. The quantitative estimate of drug-likeness (QED) is 0.715. The molecule has 2 nitrogen and oxygen atoms in total. The van der Waals surface area contributed by atoms with Crippen LogP contribution in [0.3, 0.4) is 0 Å². The van der Waals surface area contributed by atoms with Crippen molar-refractivity contribution in [3.63, 3.8) is 0 Å². The van der Waals surface area contributed by atoms with Gasteiger partial charge in [0.05, 0.1) is 5.56 Å². The predicted molar refractivity (Wildman–Crippen MR) is 49.7 cm³/mol. The first-order valence-electron chi connectivity index (χ1n) is 3.91. The van der Waals surface area contributed by atoms with Gasteiger partial charge in [-0.3, -0.25) is 0 Å². The minimum Gasteiger partial charge on any atom is -0.478 e. The number of fused-ring (bicyclic) bond motifs is 1. The van der Waals surface area contributed by atoms with Crippen LogP contribution < -0.4 is 0 Å². The molecule has 2 aromatic rings. The van der Waals surface area contributed by atoms with Crippen molar-refractivity contribution in [1.29, 1.82) is 0 Å². The zero-order valence-electron chi connectivity index (χ0n) is 6.82. The highest BCUT2D eigenvalue weighted by Gasteiger charge is 2.06. The zero-order chi connectivity index (χ0) is 9.26. The number of rotatable bonds is 1. The number of benzene rings is 2. The van der Waals surface area contributed by atoms with Crippen LogP contribution >= 0.6 is 0 Å². The Labute approximate surface area is 75.4 Å². The molecule has 0 heterocycles. The maximum atomic E-state index is 10.8. The van der Waals surface area contributed by atoms with Gasteiger partial charge in [0.2, 0.25) is 0 Å². The summed E-state index contributed by atoms with van der Waals surface area (Å²) in [5.74, 6) is -0.909. The lowest BCUT2D eigenvalue weighted by molar-refractivity contribution is 0.0699. The van der Waals surface area contributed by atoms with E-state index in [2.05, 4.69) is 6.07 Å². The third-order valence-electron chi connectivity index (χ3n) is 1.95. The number of carbonyl (C=O) groups is 1. The first kappa shape index (κ1) is 7.80. The summed E-state index contributed by atoms with van der Waals surface area (Å²) in [6.07, 6.45) is 0. The van der Waals surface area contributed by atoms with Crippen molar-refractivity contribution >= 4 is 16.7 Å². The number of hydrogen-bond donors (Lipinski definition) is 1. The summed E-state index contributed by atoms with van der Waals surface area (Å²) >= 11 is 0. The molecule has 0 aliphatic rings. The molecule has 0 atom stereocenters. The lowest BCUT2D eigenvalue weighted by Gasteiger charge is -2.00. The molecule has 0 bridgehead atoms. The Kier molecular flexibility index (Phi) is 1.74. The molecule has 0 saturated heterocycles. The monoisotopic (exact) mass is 171 g/mol. The average Bonchev–Trinajstić information content (AvgIpc) is 2.17. The number of carboxylic acids is 1. The summed E-state index contributed by atoms with van der Waals surface area (Å²) in [6.45, 7) is 0. The first-order chi connectivity index (χ1) is 6.29. The Morgan fingerprint density at radius 3 is 2.77 bits per heavy atom. The fraction of sp³-hybridized carbons (Fsp3) is 0. The molecule has 1 radical (unpaired) electrons. The summed E-state index contributed by atoms with van der Waals surface area (Å²) in [6, 6.07) is 13.5. The summed E-state index contributed by atoms with van der Waals surface area (Å²) in [4.78, 5) is 10.8. The van der Waals surface area contributed by atoms with Crippen LogP contribution in [0.5, 0.6) is 0 Å². The largest absolute Gasteiger partial charge is 0.478 e. The molecular weight excluding hydrogens is 164 g/mol. The maximum absolute atomic E-state index is 10.8. The van der Waals surface area contributed by atoms with Gasteiger partial charge in [0.25, 0.3) is 0 Å². The third kappa shape index (κ3) is 1.26.